The molecule has 2 aromatic rings. The fourth-order valence-electron chi connectivity index (χ4n) is 3.30. The summed E-state index contributed by atoms with van der Waals surface area (Å²) >= 11 is 1.16. The van der Waals surface area contributed by atoms with Gasteiger partial charge < -0.3 is 10.6 Å². The quantitative estimate of drug-likeness (QED) is 0.687. The van der Waals surface area contributed by atoms with Crippen molar-refractivity contribution in [3.8, 4) is 0 Å². The monoisotopic (exact) mass is 419 g/mol. The van der Waals surface area contributed by atoms with Crippen LogP contribution in [-0.2, 0) is 11.2 Å². The Morgan fingerprint density at radius 3 is 2.79 bits per heavy atom. The average Bonchev–Trinajstić information content (AvgIpc) is 3.19. The minimum absolute atomic E-state index is 0.0258. The Morgan fingerprint density at radius 2 is 2.03 bits per heavy atom. The fraction of sp³-hybridized carbons (Fsp3) is 0.500. The molecule has 1 aromatic carbocycles. The molecule has 9 heteroatoms. The number of nitrogens with zero attached hydrogens (tertiary/aromatic N) is 3. The van der Waals surface area contributed by atoms with Crippen molar-refractivity contribution in [2.24, 2.45) is 0 Å². The Kier molecular flexibility index (Phi) is 7.65. The molecule has 2 N–H and O–H groups in total. The molecule has 1 fully saturated rings. The van der Waals surface area contributed by atoms with Crippen LogP contribution in [0.1, 0.15) is 47.4 Å². The second-order valence-corrected chi connectivity index (χ2v) is 8.25. The summed E-state index contributed by atoms with van der Waals surface area (Å²) in [6.45, 7) is 4.86. The van der Waals surface area contributed by atoms with Gasteiger partial charge in [-0.15, -0.1) is 10.2 Å². The summed E-state index contributed by atoms with van der Waals surface area (Å²) in [6, 6.07) is 6.08. The number of amides is 2. The van der Waals surface area contributed by atoms with Crippen LogP contribution in [0.4, 0.5) is 10.1 Å². The van der Waals surface area contributed by atoms with Gasteiger partial charge in [0.05, 0.1) is 0 Å². The third-order valence-corrected chi connectivity index (χ3v) is 5.97. The van der Waals surface area contributed by atoms with Crippen molar-refractivity contribution < 1.29 is 14.0 Å². The van der Waals surface area contributed by atoms with E-state index >= 15 is 0 Å². The number of hydrogen-bond acceptors (Lipinski definition) is 6. The molecule has 0 aliphatic carbocycles. The molecule has 156 valence electrons. The average molecular weight is 420 g/mol. The number of carbonyl (C=O) groups is 2. The number of hydrogen-bond donors (Lipinski definition) is 2. The summed E-state index contributed by atoms with van der Waals surface area (Å²) in [4.78, 5) is 26.7. The van der Waals surface area contributed by atoms with Crippen LogP contribution in [0.15, 0.2) is 24.3 Å². The first kappa shape index (κ1) is 21.3. The smallest absolute Gasteiger partial charge is 0.286 e. The molecule has 0 spiro atoms. The molecular weight excluding hydrogens is 393 g/mol. The highest BCUT2D eigenvalue weighted by Crippen LogP contribution is 2.16. The van der Waals surface area contributed by atoms with Gasteiger partial charge in [0.15, 0.2) is 0 Å². The number of rotatable bonds is 8. The van der Waals surface area contributed by atoms with Gasteiger partial charge in [-0.3, -0.25) is 14.5 Å². The van der Waals surface area contributed by atoms with Crippen LogP contribution in [0.5, 0.6) is 0 Å². The number of aromatic nitrogens is 2. The topological polar surface area (TPSA) is 87.2 Å². The van der Waals surface area contributed by atoms with E-state index in [0.717, 1.165) is 24.4 Å². The van der Waals surface area contributed by atoms with Crippen LogP contribution in [0.25, 0.3) is 0 Å². The largest absolute Gasteiger partial charge is 0.355 e. The Labute approximate surface area is 173 Å². The zero-order chi connectivity index (χ0) is 20.6. The van der Waals surface area contributed by atoms with E-state index in [1.165, 1.54) is 43.5 Å². The molecular formula is C20H26FN5O2S. The van der Waals surface area contributed by atoms with Crippen LogP contribution >= 0.6 is 11.3 Å². The van der Waals surface area contributed by atoms with Gasteiger partial charge in [-0.1, -0.05) is 17.8 Å². The second kappa shape index (κ2) is 10.4. The zero-order valence-corrected chi connectivity index (χ0v) is 17.3. The Balaban J connectivity index is 1.38. The van der Waals surface area contributed by atoms with Gasteiger partial charge >= 0.3 is 0 Å². The van der Waals surface area contributed by atoms with E-state index < -0.39 is 5.91 Å². The van der Waals surface area contributed by atoms with Crippen LogP contribution in [0, 0.1) is 5.82 Å². The maximum absolute atomic E-state index is 12.9. The molecule has 2 amide bonds. The molecule has 1 aromatic heterocycles. The summed E-state index contributed by atoms with van der Waals surface area (Å²) in [5, 5.41) is 14.3. The minimum Gasteiger partial charge on any atom is -0.355 e. The highest BCUT2D eigenvalue weighted by atomic mass is 32.1. The van der Waals surface area contributed by atoms with Gasteiger partial charge in [0.2, 0.25) is 10.9 Å². The second-order valence-electron chi connectivity index (χ2n) is 7.19. The summed E-state index contributed by atoms with van der Waals surface area (Å²) in [5.41, 5.74) is 0.482. The number of piperidine rings is 1. The molecule has 1 atom stereocenters. The summed E-state index contributed by atoms with van der Waals surface area (Å²) in [6.07, 6.45) is 4.49. The Hall–Kier alpha value is -2.39. The van der Waals surface area contributed by atoms with Crippen molar-refractivity contribution in [2.75, 3.05) is 25.0 Å². The molecule has 0 bridgehead atoms. The van der Waals surface area contributed by atoms with Crippen molar-refractivity contribution in [1.29, 1.82) is 0 Å². The molecule has 0 unspecified atom stereocenters. The molecule has 1 aliphatic rings. The lowest BCUT2D eigenvalue weighted by Gasteiger charge is -2.33. The maximum Gasteiger partial charge on any atom is 0.286 e. The van der Waals surface area contributed by atoms with Gasteiger partial charge in [-0.2, -0.15) is 0 Å². The number of carbonyl (C=O) groups excluding carboxylic acids is 2. The summed E-state index contributed by atoms with van der Waals surface area (Å²) in [5.74, 6) is -0.799. The lowest BCUT2D eigenvalue weighted by molar-refractivity contribution is -0.121. The summed E-state index contributed by atoms with van der Waals surface area (Å²) in [7, 11) is 0. The SMILES string of the molecule is C[C@H]1CCCCN1CCNC(=O)CCc1nnc(C(=O)Nc2ccc(F)cc2)s1. The molecule has 0 radical (unpaired) electrons. The van der Waals surface area contributed by atoms with Gasteiger partial charge in [-0.25, -0.2) is 4.39 Å². The fourth-order valence-corrected chi connectivity index (χ4v) is 4.04. The number of halogens is 1. The summed E-state index contributed by atoms with van der Waals surface area (Å²) < 4.78 is 12.9. The molecule has 3 rings (SSSR count). The highest BCUT2D eigenvalue weighted by Gasteiger charge is 2.18. The van der Waals surface area contributed by atoms with E-state index in [0.29, 0.717) is 36.1 Å². The van der Waals surface area contributed by atoms with Crippen LogP contribution in [0.2, 0.25) is 0 Å². The first-order valence-electron chi connectivity index (χ1n) is 9.91. The normalized spacial score (nSPS) is 17.1. The number of likely N-dealkylation sites (tertiary alicyclic amines) is 1. The lowest BCUT2D eigenvalue weighted by Crippen LogP contribution is -2.42. The van der Waals surface area contributed by atoms with Gasteiger partial charge in [0, 0.05) is 37.7 Å². The number of benzene rings is 1. The molecule has 0 saturated carbocycles. The van der Waals surface area contributed by atoms with Gasteiger partial charge in [0.1, 0.15) is 10.8 Å². The highest BCUT2D eigenvalue weighted by molar-refractivity contribution is 7.13. The van der Waals surface area contributed by atoms with E-state index in [2.05, 4.69) is 32.7 Å². The molecule has 1 aliphatic heterocycles. The number of anilines is 1. The van der Waals surface area contributed by atoms with Crippen molar-refractivity contribution >= 4 is 28.8 Å². The van der Waals surface area contributed by atoms with Crippen LogP contribution < -0.4 is 10.6 Å². The molecule has 29 heavy (non-hydrogen) atoms. The van der Waals surface area contributed by atoms with E-state index in [-0.39, 0.29) is 16.7 Å². The third kappa shape index (κ3) is 6.57. The van der Waals surface area contributed by atoms with Crippen LogP contribution in [-0.4, -0.2) is 52.6 Å². The molecule has 1 saturated heterocycles. The van der Waals surface area contributed by atoms with Crippen molar-refractivity contribution in [3.63, 3.8) is 0 Å². The Morgan fingerprint density at radius 1 is 1.24 bits per heavy atom. The van der Waals surface area contributed by atoms with Crippen LogP contribution in [0.3, 0.4) is 0 Å². The van der Waals surface area contributed by atoms with Crippen molar-refractivity contribution in [3.05, 3.63) is 40.1 Å². The number of aryl methyl sites for hydroxylation is 1. The van der Waals surface area contributed by atoms with E-state index in [4.69, 9.17) is 0 Å². The van der Waals surface area contributed by atoms with Crippen molar-refractivity contribution in [2.45, 2.75) is 45.1 Å². The standard InChI is InChI=1S/C20H26FN5O2S/c1-14-4-2-3-12-26(14)13-11-22-17(27)9-10-18-24-25-20(29-18)19(28)23-16-7-5-15(21)6-8-16/h5-8,14H,2-4,9-13H2,1H3,(H,22,27)(H,23,28)/t14-/m0/s1. The third-order valence-electron chi connectivity index (χ3n) is 4.99. The first-order chi connectivity index (χ1) is 14.0. The van der Waals surface area contributed by atoms with Gasteiger partial charge in [-0.05, 0) is 50.6 Å². The molecule has 7 nitrogen and oxygen atoms in total. The lowest BCUT2D eigenvalue weighted by atomic mass is 10.0. The maximum atomic E-state index is 12.9. The predicted molar refractivity (Wildman–Crippen MR) is 110 cm³/mol. The van der Waals surface area contributed by atoms with E-state index in [1.807, 2.05) is 0 Å². The van der Waals surface area contributed by atoms with E-state index in [1.54, 1.807) is 0 Å². The van der Waals surface area contributed by atoms with Gasteiger partial charge in [0.25, 0.3) is 5.91 Å². The first-order valence-corrected chi connectivity index (χ1v) is 10.7. The Bertz CT molecular complexity index is 827. The zero-order valence-electron chi connectivity index (χ0n) is 16.5. The minimum atomic E-state index is -0.402. The van der Waals surface area contributed by atoms with E-state index in [9.17, 15) is 14.0 Å². The number of nitrogens with one attached hydrogen (secondary N) is 2. The van der Waals surface area contributed by atoms with Crippen molar-refractivity contribution in [1.82, 2.24) is 20.4 Å². The molecule has 2 heterocycles. The predicted octanol–water partition coefficient (Wildman–Crippen LogP) is 2.85.